The number of ether oxygens (including phenoxy) is 2. The molecule has 2 atom stereocenters. The topological polar surface area (TPSA) is 40.6 Å². The third-order valence-electron chi connectivity index (χ3n) is 5.70. The van der Waals surface area contributed by atoms with Crippen LogP contribution in [0.4, 0.5) is 0 Å². The van der Waals surface area contributed by atoms with Crippen molar-refractivity contribution in [1.29, 1.82) is 0 Å². The molecule has 148 valence electrons. The van der Waals surface area contributed by atoms with Crippen molar-refractivity contribution in [3.05, 3.63) is 30.1 Å². The zero-order chi connectivity index (χ0) is 19.2. The van der Waals surface area contributed by atoms with Gasteiger partial charge in [-0.05, 0) is 42.0 Å². The van der Waals surface area contributed by atoms with Gasteiger partial charge in [-0.2, -0.15) is 0 Å². The van der Waals surface area contributed by atoms with Crippen LogP contribution in [0.5, 0.6) is 0 Å². The number of aromatic nitrogens is 1. The lowest BCUT2D eigenvalue weighted by molar-refractivity contribution is -0.196. The molecule has 1 aromatic rings. The van der Waals surface area contributed by atoms with Crippen LogP contribution in [0.3, 0.4) is 0 Å². The van der Waals surface area contributed by atoms with Crippen molar-refractivity contribution < 1.29 is 13.9 Å². The summed E-state index contributed by atoms with van der Waals surface area (Å²) in [5.41, 5.74) is 2.75. The molecule has 1 aromatic heterocycles. The second-order valence-electron chi connectivity index (χ2n) is 8.34. The minimum absolute atomic E-state index is 0.130. The van der Waals surface area contributed by atoms with Gasteiger partial charge in [0.2, 0.25) is 0 Å². The Bertz CT molecular complexity index is 493. The molecular formula is C21H37NO3Si. The van der Waals surface area contributed by atoms with Gasteiger partial charge >= 0.3 is 0 Å². The monoisotopic (exact) mass is 379 g/mol. The maximum Gasteiger partial charge on any atom is 0.200 e. The van der Waals surface area contributed by atoms with E-state index in [-0.39, 0.29) is 12.4 Å². The summed E-state index contributed by atoms with van der Waals surface area (Å²) >= 11 is 0. The summed E-state index contributed by atoms with van der Waals surface area (Å²) in [4.78, 5) is 4.28. The molecule has 0 spiro atoms. The summed E-state index contributed by atoms with van der Waals surface area (Å²) in [6.45, 7) is 15.3. The van der Waals surface area contributed by atoms with Gasteiger partial charge in [0.1, 0.15) is 6.10 Å². The van der Waals surface area contributed by atoms with Crippen LogP contribution < -0.4 is 0 Å². The highest BCUT2D eigenvalue weighted by atomic mass is 28.4. The largest absolute Gasteiger partial charge is 0.413 e. The minimum Gasteiger partial charge on any atom is -0.413 e. The molecule has 1 saturated heterocycles. The molecule has 0 saturated carbocycles. The Hall–Kier alpha value is -0.753. The Morgan fingerprint density at radius 2 is 1.81 bits per heavy atom. The Labute approximate surface area is 160 Å². The summed E-state index contributed by atoms with van der Waals surface area (Å²) in [5, 5.41) is 0. The van der Waals surface area contributed by atoms with Crippen molar-refractivity contribution in [2.45, 2.75) is 89.8 Å². The van der Waals surface area contributed by atoms with Crippen LogP contribution in [-0.2, 0) is 13.9 Å². The fourth-order valence-corrected chi connectivity index (χ4v) is 9.94. The van der Waals surface area contributed by atoms with E-state index in [4.69, 9.17) is 13.9 Å². The van der Waals surface area contributed by atoms with Crippen molar-refractivity contribution in [2.24, 2.45) is 0 Å². The van der Waals surface area contributed by atoms with Gasteiger partial charge in [-0.3, -0.25) is 4.98 Å². The normalized spacial score (nSPS) is 20.1. The van der Waals surface area contributed by atoms with Crippen LogP contribution in [0.25, 0.3) is 0 Å². The first-order valence-electron chi connectivity index (χ1n) is 10.2. The molecule has 1 aliphatic heterocycles. The molecule has 0 aromatic carbocycles. The molecule has 4 nitrogen and oxygen atoms in total. The third-order valence-corrected chi connectivity index (χ3v) is 11.8. The first-order chi connectivity index (χ1) is 12.4. The molecule has 2 unspecified atom stereocenters. The van der Waals surface area contributed by atoms with E-state index in [9.17, 15) is 0 Å². The number of hydrogen-bond donors (Lipinski definition) is 0. The number of pyridine rings is 1. The first kappa shape index (κ1) is 21.5. The summed E-state index contributed by atoms with van der Waals surface area (Å²) in [6, 6.07) is 4.04. The van der Waals surface area contributed by atoms with E-state index in [2.05, 4.69) is 52.6 Å². The first-order valence-corrected chi connectivity index (χ1v) is 12.3. The second-order valence-corrected chi connectivity index (χ2v) is 13.8. The van der Waals surface area contributed by atoms with Crippen molar-refractivity contribution in [2.75, 3.05) is 13.2 Å². The number of rotatable bonds is 9. The average Bonchev–Trinajstić information content (AvgIpc) is 2.62. The van der Waals surface area contributed by atoms with E-state index >= 15 is 0 Å². The van der Waals surface area contributed by atoms with E-state index < -0.39 is 8.32 Å². The highest BCUT2D eigenvalue weighted by molar-refractivity contribution is 6.77. The summed E-state index contributed by atoms with van der Waals surface area (Å²) in [6.07, 6.45) is 6.67. The lowest BCUT2D eigenvalue weighted by Gasteiger charge is -2.43. The molecule has 0 amide bonds. The van der Waals surface area contributed by atoms with Gasteiger partial charge in [0, 0.05) is 24.6 Å². The predicted molar refractivity (Wildman–Crippen MR) is 109 cm³/mol. The van der Waals surface area contributed by atoms with Crippen molar-refractivity contribution in [3.63, 3.8) is 0 Å². The van der Waals surface area contributed by atoms with Crippen LogP contribution >= 0.6 is 0 Å². The molecular weight excluding hydrogens is 342 g/mol. The Morgan fingerprint density at radius 1 is 1.12 bits per heavy atom. The molecule has 26 heavy (non-hydrogen) atoms. The smallest absolute Gasteiger partial charge is 0.200 e. The van der Waals surface area contributed by atoms with Gasteiger partial charge < -0.3 is 13.9 Å². The predicted octanol–water partition coefficient (Wildman–Crippen LogP) is 5.86. The molecule has 2 heterocycles. The van der Waals surface area contributed by atoms with Crippen molar-refractivity contribution in [1.82, 2.24) is 4.98 Å². The molecule has 1 fully saturated rings. The Balaban J connectivity index is 2.17. The van der Waals surface area contributed by atoms with Gasteiger partial charge in [0.15, 0.2) is 14.6 Å². The maximum atomic E-state index is 6.80. The van der Waals surface area contributed by atoms with E-state index in [1.54, 1.807) is 6.20 Å². The molecule has 5 heteroatoms. The molecule has 1 aliphatic rings. The van der Waals surface area contributed by atoms with Gasteiger partial charge in [0.25, 0.3) is 0 Å². The summed E-state index contributed by atoms with van der Waals surface area (Å²) in [5.74, 6) is 0. The standard InChI is InChI=1S/C21H37NO3Si/c1-16(2)26(17(3)4,18(5)6)24-15-20(19-10-9-12-22-14-19)25-21-11-7-8-13-23-21/h9-10,12,14,16-18,20-21H,7-8,11,13,15H2,1-6H3. The lowest BCUT2D eigenvalue weighted by atomic mass is 10.1. The quantitative estimate of drug-likeness (QED) is 0.504. The lowest BCUT2D eigenvalue weighted by Crippen LogP contribution is -2.48. The zero-order valence-electron chi connectivity index (χ0n) is 17.4. The minimum atomic E-state index is -1.93. The van der Waals surface area contributed by atoms with Crippen LogP contribution in [-0.4, -0.2) is 32.8 Å². The average molecular weight is 380 g/mol. The zero-order valence-corrected chi connectivity index (χ0v) is 18.4. The van der Waals surface area contributed by atoms with E-state index in [1.165, 1.54) is 0 Å². The number of nitrogens with zero attached hydrogens (tertiary/aromatic N) is 1. The molecule has 0 radical (unpaired) electrons. The van der Waals surface area contributed by atoms with E-state index in [1.807, 2.05) is 12.3 Å². The molecule has 2 rings (SSSR count). The highest BCUT2D eigenvalue weighted by Gasteiger charge is 2.45. The van der Waals surface area contributed by atoms with Crippen molar-refractivity contribution >= 4 is 8.32 Å². The fourth-order valence-electron chi connectivity index (χ4n) is 4.50. The second kappa shape index (κ2) is 9.97. The molecule has 0 N–H and O–H groups in total. The van der Waals surface area contributed by atoms with E-state index in [0.29, 0.717) is 23.2 Å². The van der Waals surface area contributed by atoms with Crippen molar-refractivity contribution in [3.8, 4) is 0 Å². The summed E-state index contributed by atoms with van der Waals surface area (Å²) in [7, 11) is -1.93. The SMILES string of the molecule is CC(C)[Si](OCC(OC1CCCCO1)c1cccnc1)(C(C)C)C(C)C. The van der Waals surface area contributed by atoms with Gasteiger partial charge in [-0.1, -0.05) is 47.6 Å². The van der Waals surface area contributed by atoms with Crippen LogP contribution in [0.1, 0.15) is 72.5 Å². The van der Waals surface area contributed by atoms with Crippen LogP contribution in [0, 0.1) is 0 Å². The Morgan fingerprint density at radius 3 is 2.31 bits per heavy atom. The fraction of sp³-hybridized carbons (Fsp3) is 0.762. The Kier molecular flexibility index (Phi) is 8.26. The summed E-state index contributed by atoms with van der Waals surface area (Å²) < 4.78 is 19.0. The maximum absolute atomic E-state index is 6.80. The van der Waals surface area contributed by atoms with E-state index in [0.717, 1.165) is 31.4 Å². The van der Waals surface area contributed by atoms with Crippen LogP contribution in [0.15, 0.2) is 24.5 Å². The van der Waals surface area contributed by atoms with Crippen LogP contribution in [0.2, 0.25) is 16.6 Å². The number of hydrogen-bond acceptors (Lipinski definition) is 4. The highest BCUT2D eigenvalue weighted by Crippen LogP contribution is 2.43. The molecule has 0 bridgehead atoms. The van der Waals surface area contributed by atoms with Gasteiger partial charge in [-0.25, -0.2) is 0 Å². The molecule has 0 aliphatic carbocycles. The third kappa shape index (κ3) is 5.15. The van der Waals surface area contributed by atoms with Gasteiger partial charge in [0.05, 0.1) is 6.61 Å². The van der Waals surface area contributed by atoms with Gasteiger partial charge in [-0.15, -0.1) is 0 Å².